The Kier molecular flexibility index (Phi) is 4.77. The van der Waals surface area contributed by atoms with Crippen LogP contribution in [0.4, 0.5) is 0 Å². The Morgan fingerprint density at radius 3 is 2.39 bits per heavy atom. The highest BCUT2D eigenvalue weighted by Crippen LogP contribution is 2.23. The summed E-state index contributed by atoms with van der Waals surface area (Å²) in [6, 6.07) is 25.9. The molecule has 1 amide bonds. The fourth-order valence-electron chi connectivity index (χ4n) is 3.45. The average Bonchev–Trinajstić information content (AvgIpc) is 3.01. The van der Waals surface area contributed by atoms with Crippen LogP contribution in [0, 0.1) is 13.8 Å². The van der Waals surface area contributed by atoms with Crippen molar-refractivity contribution in [2.45, 2.75) is 13.8 Å². The Hall–Kier alpha value is -3.66. The summed E-state index contributed by atoms with van der Waals surface area (Å²) in [6.07, 6.45) is 1.70. The Morgan fingerprint density at radius 1 is 0.893 bits per heavy atom. The molecule has 0 spiro atoms. The maximum absolute atomic E-state index is 12.1. The molecule has 28 heavy (non-hydrogen) atoms. The van der Waals surface area contributed by atoms with Crippen LogP contribution in [-0.4, -0.2) is 16.7 Å². The van der Waals surface area contributed by atoms with Crippen LogP contribution < -0.4 is 5.43 Å². The summed E-state index contributed by atoms with van der Waals surface area (Å²) in [4.78, 5) is 12.1. The second-order valence-corrected chi connectivity index (χ2v) is 6.76. The van der Waals surface area contributed by atoms with Gasteiger partial charge in [0.1, 0.15) is 0 Å². The largest absolute Gasteiger partial charge is 0.318 e. The molecule has 0 atom stereocenters. The number of carbonyl (C=O) groups is 1. The first-order valence-electron chi connectivity index (χ1n) is 9.20. The minimum Gasteiger partial charge on any atom is -0.318 e. The number of hydrazone groups is 1. The highest BCUT2D eigenvalue weighted by atomic mass is 16.2. The van der Waals surface area contributed by atoms with E-state index < -0.39 is 0 Å². The van der Waals surface area contributed by atoms with Gasteiger partial charge in [-0.25, -0.2) is 5.43 Å². The zero-order valence-electron chi connectivity index (χ0n) is 15.9. The molecule has 4 aromatic rings. The first-order chi connectivity index (χ1) is 13.6. The number of nitrogens with one attached hydrogen (secondary N) is 1. The average molecular weight is 367 g/mol. The van der Waals surface area contributed by atoms with E-state index >= 15 is 0 Å². The lowest BCUT2D eigenvalue weighted by atomic mass is 10.1. The lowest BCUT2D eigenvalue weighted by molar-refractivity contribution is 0.0955. The molecule has 1 N–H and O–H groups in total. The van der Waals surface area contributed by atoms with Crippen LogP contribution in [0.5, 0.6) is 0 Å². The van der Waals surface area contributed by atoms with Gasteiger partial charge in [0.2, 0.25) is 0 Å². The molecule has 0 aliphatic rings. The predicted octanol–water partition coefficient (Wildman–Crippen LogP) is 5.01. The van der Waals surface area contributed by atoms with Gasteiger partial charge in [-0.15, -0.1) is 0 Å². The number of rotatable bonds is 4. The lowest BCUT2D eigenvalue weighted by Crippen LogP contribution is -2.17. The minimum atomic E-state index is -0.222. The fourth-order valence-corrected chi connectivity index (χ4v) is 3.45. The molecule has 0 aliphatic carbocycles. The zero-order chi connectivity index (χ0) is 19.5. The summed E-state index contributed by atoms with van der Waals surface area (Å²) >= 11 is 0. The van der Waals surface area contributed by atoms with Crippen molar-refractivity contribution in [3.05, 3.63) is 101 Å². The molecule has 0 saturated heterocycles. The minimum absolute atomic E-state index is 0.222. The number of benzene rings is 3. The molecule has 4 rings (SSSR count). The van der Waals surface area contributed by atoms with Crippen LogP contribution in [0.1, 0.15) is 27.3 Å². The second-order valence-electron chi connectivity index (χ2n) is 6.76. The molecule has 138 valence electrons. The molecule has 1 heterocycles. The van der Waals surface area contributed by atoms with E-state index in [1.165, 1.54) is 10.8 Å². The van der Waals surface area contributed by atoms with Gasteiger partial charge in [0.15, 0.2) is 0 Å². The molecular formula is C24H21N3O. The summed E-state index contributed by atoms with van der Waals surface area (Å²) in [5, 5.41) is 6.57. The standard InChI is InChI=1S/C24H21N3O/c1-17-14-22(16-25-26-24(28)20-9-4-3-5-10-20)18(2)27(17)23-13-12-19-8-6-7-11-21(19)15-23/h3-16H,1-2H3,(H,26,28)/b25-16+. The van der Waals surface area contributed by atoms with Crippen molar-refractivity contribution < 1.29 is 4.79 Å². The Morgan fingerprint density at radius 2 is 1.61 bits per heavy atom. The van der Waals surface area contributed by atoms with E-state index in [1.54, 1.807) is 18.3 Å². The third kappa shape index (κ3) is 3.45. The molecule has 4 heteroatoms. The second kappa shape index (κ2) is 7.53. The van der Waals surface area contributed by atoms with Crippen molar-refractivity contribution in [2.75, 3.05) is 0 Å². The zero-order valence-corrected chi connectivity index (χ0v) is 15.9. The Balaban J connectivity index is 1.59. The summed E-state index contributed by atoms with van der Waals surface area (Å²) in [6.45, 7) is 4.13. The van der Waals surface area contributed by atoms with Crippen molar-refractivity contribution in [1.82, 2.24) is 9.99 Å². The third-order valence-corrected chi connectivity index (χ3v) is 4.87. The smallest absolute Gasteiger partial charge is 0.271 e. The molecule has 0 bridgehead atoms. The summed E-state index contributed by atoms with van der Waals surface area (Å²) < 4.78 is 2.20. The summed E-state index contributed by atoms with van der Waals surface area (Å²) in [7, 11) is 0. The molecule has 0 fully saturated rings. The highest BCUT2D eigenvalue weighted by Gasteiger charge is 2.10. The Labute approximate surface area is 164 Å². The first-order valence-corrected chi connectivity index (χ1v) is 9.20. The van der Waals surface area contributed by atoms with Crippen LogP contribution in [0.3, 0.4) is 0 Å². The number of carbonyl (C=O) groups excluding carboxylic acids is 1. The molecule has 0 unspecified atom stereocenters. The number of hydrogen-bond acceptors (Lipinski definition) is 2. The van der Waals surface area contributed by atoms with Gasteiger partial charge in [-0.1, -0.05) is 48.5 Å². The number of amides is 1. The molecule has 1 aromatic heterocycles. The number of nitrogens with zero attached hydrogens (tertiary/aromatic N) is 2. The maximum atomic E-state index is 12.1. The summed E-state index contributed by atoms with van der Waals surface area (Å²) in [5.74, 6) is -0.222. The van der Waals surface area contributed by atoms with Gasteiger partial charge in [-0.05, 0) is 55.0 Å². The van der Waals surface area contributed by atoms with Gasteiger partial charge < -0.3 is 4.57 Å². The molecular weight excluding hydrogens is 346 g/mol. The molecule has 0 saturated carbocycles. The van der Waals surface area contributed by atoms with Crippen molar-refractivity contribution >= 4 is 22.9 Å². The van der Waals surface area contributed by atoms with Gasteiger partial charge in [-0.3, -0.25) is 4.79 Å². The van der Waals surface area contributed by atoms with E-state index in [1.807, 2.05) is 24.3 Å². The molecule has 0 aliphatic heterocycles. The molecule has 3 aromatic carbocycles. The molecule has 4 nitrogen and oxygen atoms in total. The third-order valence-electron chi connectivity index (χ3n) is 4.87. The molecule has 0 radical (unpaired) electrons. The SMILES string of the molecule is Cc1cc(/C=N/NC(=O)c2ccccc2)c(C)n1-c1ccc2ccccc2c1. The van der Waals surface area contributed by atoms with Crippen LogP contribution >= 0.6 is 0 Å². The van der Waals surface area contributed by atoms with E-state index in [0.29, 0.717) is 5.56 Å². The van der Waals surface area contributed by atoms with Gasteiger partial charge in [0, 0.05) is 28.2 Å². The number of hydrogen-bond donors (Lipinski definition) is 1. The number of fused-ring (bicyclic) bond motifs is 1. The van der Waals surface area contributed by atoms with E-state index in [0.717, 1.165) is 22.6 Å². The van der Waals surface area contributed by atoms with Crippen LogP contribution in [0.15, 0.2) is 84.0 Å². The van der Waals surface area contributed by atoms with Crippen molar-refractivity contribution in [1.29, 1.82) is 0 Å². The van der Waals surface area contributed by atoms with Crippen molar-refractivity contribution in [3.63, 3.8) is 0 Å². The normalized spacial score (nSPS) is 11.2. The summed E-state index contributed by atoms with van der Waals surface area (Å²) in [5.41, 5.74) is 7.45. The Bertz CT molecular complexity index is 1170. The van der Waals surface area contributed by atoms with E-state index in [9.17, 15) is 4.79 Å². The predicted molar refractivity (Wildman–Crippen MR) is 114 cm³/mol. The van der Waals surface area contributed by atoms with Gasteiger partial charge in [-0.2, -0.15) is 5.10 Å². The number of aromatic nitrogens is 1. The van der Waals surface area contributed by atoms with Gasteiger partial charge in [0.05, 0.1) is 6.21 Å². The van der Waals surface area contributed by atoms with Gasteiger partial charge >= 0.3 is 0 Å². The van der Waals surface area contributed by atoms with E-state index in [-0.39, 0.29) is 5.91 Å². The topological polar surface area (TPSA) is 46.4 Å². The van der Waals surface area contributed by atoms with Crippen LogP contribution in [0.25, 0.3) is 16.5 Å². The van der Waals surface area contributed by atoms with Crippen LogP contribution in [-0.2, 0) is 0 Å². The quantitative estimate of drug-likeness (QED) is 0.400. The number of aryl methyl sites for hydroxylation is 1. The van der Waals surface area contributed by atoms with Crippen molar-refractivity contribution in [3.8, 4) is 5.69 Å². The van der Waals surface area contributed by atoms with E-state index in [2.05, 4.69) is 71.4 Å². The van der Waals surface area contributed by atoms with Gasteiger partial charge in [0.25, 0.3) is 5.91 Å². The van der Waals surface area contributed by atoms with Crippen LogP contribution in [0.2, 0.25) is 0 Å². The van der Waals surface area contributed by atoms with E-state index in [4.69, 9.17) is 0 Å². The maximum Gasteiger partial charge on any atom is 0.271 e. The van der Waals surface area contributed by atoms with Crippen molar-refractivity contribution in [2.24, 2.45) is 5.10 Å². The fraction of sp³-hybridized carbons (Fsp3) is 0.0833. The first kappa shape index (κ1) is 17.7. The lowest BCUT2D eigenvalue weighted by Gasteiger charge is -2.11. The highest BCUT2D eigenvalue weighted by molar-refractivity contribution is 5.95. The monoisotopic (exact) mass is 367 g/mol.